The van der Waals surface area contributed by atoms with Gasteiger partial charge in [-0.05, 0) is 47.5 Å². The predicted molar refractivity (Wildman–Crippen MR) is 88.4 cm³/mol. The summed E-state index contributed by atoms with van der Waals surface area (Å²) < 4.78 is 0.995. The molecule has 1 unspecified atom stereocenters. The lowest BCUT2D eigenvalue weighted by molar-refractivity contribution is 0.459. The first-order valence-electron chi connectivity index (χ1n) is 7.76. The molecule has 0 amide bonds. The highest BCUT2D eigenvalue weighted by Crippen LogP contribution is 2.28. The van der Waals surface area contributed by atoms with Crippen LogP contribution < -0.4 is 10.2 Å². The Hall–Kier alpha value is -0.840. The van der Waals surface area contributed by atoms with Gasteiger partial charge in [0.25, 0.3) is 0 Å². The number of hydrogen-bond acceptors (Lipinski definition) is 4. The van der Waals surface area contributed by atoms with Gasteiger partial charge in [-0.1, -0.05) is 20.3 Å². The Kier molecular flexibility index (Phi) is 6.07. The number of anilines is 2. The van der Waals surface area contributed by atoms with Gasteiger partial charge in [-0.3, -0.25) is 0 Å². The predicted octanol–water partition coefficient (Wildman–Crippen LogP) is 4.08. The van der Waals surface area contributed by atoms with E-state index in [0.29, 0.717) is 0 Å². The monoisotopic (exact) mass is 340 g/mol. The molecule has 112 valence electrons. The zero-order chi connectivity index (χ0) is 14.4. The number of nitrogens with one attached hydrogen (secondary N) is 1. The summed E-state index contributed by atoms with van der Waals surface area (Å²) in [5, 5.41) is 3.27. The van der Waals surface area contributed by atoms with Gasteiger partial charge in [-0.15, -0.1) is 0 Å². The molecule has 2 heterocycles. The van der Waals surface area contributed by atoms with Crippen molar-refractivity contribution in [2.24, 2.45) is 5.92 Å². The number of aromatic nitrogens is 2. The summed E-state index contributed by atoms with van der Waals surface area (Å²) in [7, 11) is 0. The first kappa shape index (κ1) is 15.5. The molecular formula is C15H25BrN4. The molecule has 5 heteroatoms. The highest BCUT2D eigenvalue weighted by atomic mass is 79.9. The van der Waals surface area contributed by atoms with Gasteiger partial charge in [0.15, 0.2) is 0 Å². The summed E-state index contributed by atoms with van der Waals surface area (Å²) in [6.45, 7) is 7.56. The largest absolute Gasteiger partial charge is 0.356 e. The molecule has 0 radical (unpaired) electrons. The van der Waals surface area contributed by atoms with Crippen LogP contribution in [0.1, 0.15) is 46.0 Å². The van der Waals surface area contributed by atoms with Crippen molar-refractivity contribution in [1.29, 1.82) is 0 Å². The van der Waals surface area contributed by atoms with Crippen LogP contribution in [-0.2, 0) is 0 Å². The molecule has 0 spiro atoms. The average Bonchev–Trinajstić information content (AvgIpc) is 2.71. The van der Waals surface area contributed by atoms with E-state index < -0.39 is 0 Å². The summed E-state index contributed by atoms with van der Waals surface area (Å²) in [4.78, 5) is 11.4. The van der Waals surface area contributed by atoms with Gasteiger partial charge in [-0.25, -0.2) is 4.98 Å². The third-order valence-corrected chi connectivity index (χ3v) is 4.54. The van der Waals surface area contributed by atoms with E-state index in [-0.39, 0.29) is 0 Å². The number of nitrogens with zero attached hydrogens (tertiary/aromatic N) is 3. The molecule has 1 atom stereocenters. The van der Waals surface area contributed by atoms with Crippen molar-refractivity contribution in [2.75, 3.05) is 29.9 Å². The molecule has 1 aromatic rings. The zero-order valence-corrected chi connectivity index (χ0v) is 14.1. The van der Waals surface area contributed by atoms with Crippen molar-refractivity contribution in [3.8, 4) is 0 Å². The standard InChI is InChI=1S/C15H25BrN4/c1-3-8-17-15-18-11-13(16)14(19-15)20-9-5-6-12(4-2)7-10-20/h11-12H,3-10H2,1-2H3,(H,17,18,19). The Balaban J connectivity index is 2.10. The first-order valence-corrected chi connectivity index (χ1v) is 8.55. The van der Waals surface area contributed by atoms with Crippen LogP contribution >= 0.6 is 15.9 Å². The molecule has 0 aliphatic carbocycles. The normalized spacial score (nSPS) is 19.8. The van der Waals surface area contributed by atoms with E-state index in [1.54, 1.807) is 0 Å². The van der Waals surface area contributed by atoms with E-state index in [1.807, 2.05) is 6.20 Å². The van der Waals surface area contributed by atoms with Crippen LogP contribution in [0.25, 0.3) is 0 Å². The quantitative estimate of drug-likeness (QED) is 0.876. The second-order valence-corrected chi connectivity index (χ2v) is 6.34. The van der Waals surface area contributed by atoms with E-state index in [4.69, 9.17) is 0 Å². The van der Waals surface area contributed by atoms with E-state index >= 15 is 0 Å². The molecule has 1 saturated heterocycles. The molecule has 1 aliphatic rings. The molecule has 20 heavy (non-hydrogen) atoms. The lowest BCUT2D eigenvalue weighted by Crippen LogP contribution is -2.26. The third kappa shape index (κ3) is 4.08. The highest BCUT2D eigenvalue weighted by Gasteiger charge is 2.19. The summed E-state index contributed by atoms with van der Waals surface area (Å²) >= 11 is 3.60. The molecule has 4 nitrogen and oxygen atoms in total. The van der Waals surface area contributed by atoms with Crippen molar-refractivity contribution in [3.63, 3.8) is 0 Å². The highest BCUT2D eigenvalue weighted by molar-refractivity contribution is 9.10. The maximum atomic E-state index is 4.68. The van der Waals surface area contributed by atoms with Crippen LogP contribution in [0.15, 0.2) is 10.7 Å². The van der Waals surface area contributed by atoms with Gasteiger partial charge in [-0.2, -0.15) is 4.98 Å². The Bertz CT molecular complexity index is 424. The minimum Gasteiger partial charge on any atom is -0.356 e. The van der Waals surface area contributed by atoms with Crippen molar-refractivity contribution in [1.82, 2.24) is 9.97 Å². The molecule has 1 fully saturated rings. The summed E-state index contributed by atoms with van der Waals surface area (Å²) in [5.41, 5.74) is 0. The molecule has 0 saturated carbocycles. The molecule has 1 aromatic heterocycles. The SMILES string of the molecule is CCCNc1ncc(Br)c(N2CCCC(CC)CC2)n1. The lowest BCUT2D eigenvalue weighted by Gasteiger charge is -2.23. The molecule has 0 bridgehead atoms. The Labute approximate surface area is 130 Å². The van der Waals surface area contributed by atoms with E-state index in [9.17, 15) is 0 Å². The first-order chi connectivity index (χ1) is 9.74. The summed E-state index contributed by atoms with van der Waals surface area (Å²) in [6, 6.07) is 0. The minimum absolute atomic E-state index is 0.737. The topological polar surface area (TPSA) is 41.1 Å². The van der Waals surface area contributed by atoms with Gasteiger partial charge < -0.3 is 10.2 Å². The third-order valence-electron chi connectivity index (χ3n) is 3.98. The molecule has 0 aromatic carbocycles. The molecular weight excluding hydrogens is 316 g/mol. The van der Waals surface area contributed by atoms with Gasteiger partial charge in [0.05, 0.1) is 4.47 Å². The van der Waals surface area contributed by atoms with Crippen molar-refractivity contribution in [2.45, 2.75) is 46.0 Å². The second-order valence-electron chi connectivity index (χ2n) is 5.48. The Morgan fingerprint density at radius 3 is 2.95 bits per heavy atom. The molecule has 1 aliphatic heterocycles. The van der Waals surface area contributed by atoms with Gasteiger partial charge in [0, 0.05) is 25.8 Å². The smallest absolute Gasteiger partial charge is 0.224 e. The lowest BCUT2D eigenvalue weighted by atomic mass is 9.98. The maximum Gasteiger partial charge on any atom is 0.224 e. The van der Waals surface area contributed by atoms with Crippen molar-refractivity contribution >= 4 is 27.7 Å². The minimum atomic E-state index is 0.737. The van der Waals surface area contributed by atoms with Crippen LogP contribution in [0.5, 0.6) is 0 Å². The van der Waals surface area contributed by atoms with Gasteiger partial charge in [0.2, 0.25) is 5.95 Å². The van der Waals surface area contributed by atoms with E-state index in [2.05, 4.69) is 50.0 Å². The van der Waals surface area contributed by atoms with Crippen LogP contribution in [0.3, 0.4) is 0 Å². The van der Waals surface area contributed by atoms with E-state index in [0.717, 1.165) is 48.2 Å². The van der Waals surface area contributed by atoms with Gasteiger partial charge >= 0.3 is 0 Å². The average molecular weight is 341 g/mol. The van der Waals surface area contributed by atoms with Crippen molar-refractivity contribution < 1.29 is 0 Å². The fraction of sp³-hybridized carbons (Fsp3) is 0.733. The van der Waals surface area contributed by atoms with Crippen LogP contribution in [-0.4, -0.2) is 29.6 Å². The maximum absolute atomic E-state index is 4.68. The van der Waals surface area contributed by atoms with Crippen molar-refractivity contribution in [3.05, 3.63) is 10.7 Å². The van der Waals surface area contributed by atoms with E-state index in [1.165, 1.54) is 25.7 Å². The summed E-state index contributed by atoms with van der Waals surface area (Å²) in [5.74, 6) is 2.65. The Morgan fingerprint density at radius 1 is 1.35 bits per heavy atom. The number of hydrogen-bond donors (Lipinski definition) is 1. The van der Waals surface area contributed by atoms with Crippen LogP contribution in [0, 0.1) is 5.92 Å². The summed E-state index contributed by atoms with van der Waals surface area (Å²) in [6.07, 6.45) is 8.11. The second kappa shape index (κ2) is 7.81. The van der Waals surface area contributed by atoms with Crippen LogP contribution in [0.2, 0.25) is 0 Å². The fourth-order valence-electron chi connectivity index (χ4n) is 2.69. The fourth-order valence-corrected chi connectivity index (χ4v) is 3.13. The van der Waals surface area contributed by atoms with Gasteiger partial charge in [0.1, 0.15) is 5.82 Å². The number of halogens is 1. The number of rotatable bonds is 5. The van der Waals surface area contributed by atoms with Crippen LogP contribution in [0.4, 0.5) is 11.8 Å². The molecule has 2 rings (SSSR count). The Morgan fingerprint density at radius 2 is 2.20 bits per heavy atom. The zero-order valence-electron chi connectivity index (χ0n) is 12.5. The molecule has 1 N–H and O–H groups in total.